The minimum absolute atomic E-state index is 0.183. The standard InChI is InChI=1S/C13H22N2O3S/c16-10-12-8-13(9-14-12)19(17,18)15-7-3-6-11-4-1-2-5-11/h8-9,11,14-16H,1-7,10H2. The molecule has 0 aromatic carbocycles. The zero-order chi connectivity index (χ0) is 13.7. The van der Waals surface area contributed by atoms with Gasteiger partial charge < -0.3 is 10.1 Å². The molecule has 0 aliphatic heterocycles. The Balaban J connectivity index is 1.77. The van der Waals surface area contributed by atoms with Crippen LogP contribution in [0.4, 0.5) is 0 Å². The highest BCUT2D eigenvalue weighted by Crippen LogP contribution is 2.28. The first-order valence-electron chi connectivity index (χ1n) is 6.89. The van der Waals surface area contributed by atoms with Gasteiger partial charge in [-0.3, -0.25) is 0 Å². The van der Waals surface area contributed by atoms with Crippen LogP contribution >= 0.6 is 0 Å². The van der Waals surface area contributed by atoms with Crippen LogP contribution in [-0.4, -0.2) is 25.1 Å². The summed E-state index contributed by atoms with van der Waals surface area (Å²) in [6, 6.07) is 1.46. The first kappa shape index (κ1) is 14.6. The van der Waals surface area contributed by atoms with Crippen molar-refractivity contribution in [2.75, 3.05) is 6.54 Å². The van der Waals surface area contributed by atoms with Crippen LogP contribution in [0.25, 0.3) is 0 Å². The zero-order valence-corrected chi connectivity index (χ0v) is 11.9. The SMILES string of the molecule is O=S(=O)(NCCCC1CCCC1)c1c[nH]c(CO)c1. The summed E-state index contributed by atoms with van der Waals surface area (Å²) < 4.78 is 26.5. The van der Waals surface area contributed by atoms with Crippen molar-refractivity contribution in [3.8, 4) is 0 Å². The summed E-state index contributed by atoms with van der Waals surface area (Å²) in [5.41, 5.74) is 0.506. The lowest BCUT2D eigenvalue weighted by molar-refractivity contribution is 0.277. The smallest absolute Gasteiger partial charge is 0.242 e. The number of aromatic amines is 1. The molecule has 0 bridgehead atoms. The maximum Gasteiger partial charge on any atom is 0.242 e. The molecule has 1 aliphatic carbocycles. The average Bonchev–Trinajstić information content (AvgIpc) is 3.05. The van der Waals surface area contributed by atoms with E-state index < -0.39 is 10.0 Å². The summed E-state index contributed by atoms with van der Waals surface area (Å²) in [4.78, 5) is 2.92. The number of aromatic nitrogens is 1. The second kappa shape index (κ2) is 6.54. The fraction of sp³-hybridized carbons (Fsp3) is 0.692. The van der Waals surface area contributed by atoms with E-state index in [1.54, 1.807) is 0 Å². The van der Waals surface area contributed by atoms with Gasteiger partial charge in [-0.25, -0.2) is 13.1 Å². The van der Waals surface area contributed by atoms with Gasteiger partial charge in [0.05, 0.1) is 11.5 Å². The predicted octanol–water partition coefficient (Wildman–Crippen LogP) is 1.76. The predicted molar refractivity (Wildman–Crippen MR) is 73.1 cm³/mol. The highest BCUT2D eigenvalue weighted by Gasteiger charge is 2.17. The molecule has 1 fully saturated rings. The molecule has 19 heavy (non-hydrogen) atoms. The number of aliphatic hydroxyl groups is 1. The molecule has 1 aromatic heterocycles. The van der Waals surface area contributed by atoms with E-state index in [9.17, 15) is 8.42 Å². The Labute approximate surface area is 114 Å². The molecule has 1 heterocycles. The average molecular weight is 286 g/mol. The van der Waals surface area contributed by atoms with E-state index in [4.69, 9.17) is 5.11 Å². The van der Waals surface area contributed by atoms with Crippen molar-refractivity contribution in [3.05, 3.63) is 18.0 Å². The van der Waals surface area contributed by atoms with Crippen molar-refractivity contribution >= 4 is 10.0 Å². The molecule has 3 N–H and O–H groups in total. The van der Waals surface area contributed by atoms with E-state index in [-0.39, 0.29) is 11.5 Å². The topological polar surface area (TPSA) is 82.2 Å². The lowest BCUT2D eigenvalue weighted by atomic mass is 10.0. The van der Waals surface area contributed by atoms with Gasteiger partial charge in [-0.15, -0.1) is 0 Å². The van der Waals surface area contributed by atoms with Crippen molar-refractivity contribution in [2.45, 2.75) is 50.0 Å². The first-order valence-corrected chi connectivity index (χ1v) is 8.38. The molecule has 1 aliphatic rings. The molecule has 5 nitrogen and oxygen atoms in total. The fourth-order valence-corrected chi connectivity index (χ4v) is 3.74. The van der Waals surface area contributed by atoms with Gasteiger partial charge in [0.1, 0.15) is 0 Å². The molecular weight excluding hydrogens is 264 g/mol. The number of hydrogen-bond donors (Lipinski definition) is 3. The quantitative estimate of drug-likeness (QED) is 0.668. The van der Waals surface area contributed by atoms with Crippen LogP contribution in [0.1, 0.15) is 44.2 Å². The van der Waals surface area contributed by atoms with Crippen LogP contribution < -0.4 is 4.72 Å². The molecule has 2 rings (SSSR count). The molecule has 1 aromatic rings. The van der Waals surface area contributed by atoms with Gasteiger partial charge in [0, 0.05) is 18.4 Å². The summed E-state index contributed by atoms with van der Waals surface area (Å²) in [6.07, 6.45) is 8.64. The Kier molecular flexibility index (Phi) is 5.01. The van der Waals surface area contributed by atoms with Crippen LogP contribution in [0.5, 0.6) is 0 Å². The molecular formula is C13H22N2O3S. The Morgan fingerprint density at radius 2 is 2.11 bits per heavy atom. The minimum atomic E-state index is -3.44. The van der Waals surface area contributed by atoms with E-state index in [0.29, 0.717) is 12.2 Å². The Hall–Kier alpha value is -0.850. The van der Waals surface area contributed by atoms with E-state index in [1.807, 2.05) is 0 Å². The summed E-state index contributed by atoms with van der Waals surface area (Å²) >= 11 is 0. The second-order valence-electron chi connectivity index (χ2n) is 5.21. The summed E-state index contributed by atoms with van der Waals surface area (Å²) in [5.74, 6) is 0.790. The Morgan fingerprint density at radius 3 is 2.74 bits per heavy atom. The number of nitrogens with one attached hydrogen (secondary N) is 2. The van der Waals surface area contributed by atoms with Crippen molar-refractivity contribution in [1.82, 2.24) is 9.71 Å². The maximum absolute atomic E-state index is 11.9. The van der Waals surface area contributed by atoms with Crippen LogP contribution in [0.15, 0.2) is 17.2 Å². The normalized spacial score (nSPS) is 17.1. The van der Waals surface area contributed by atoms with E-state index in [2.05, 4.69) is 9.71 Å². The number of H-pyrrole nitrogens is 1. The Bertz CT molecular complexity index is 490. The van der Waals surface area contributed by atoms with Crippen molar-refractivity contribution in [2.24, 2.45) is 5.92 Å². The van der Waals surface area contributed by atoms with Gasteiger partial charge in [0.2, 0.25) is 10.0 Å². The number of rotatable bonds is 7. The van der Waals surface area contributed by atoms with Crippen LogP contribution in [0.3, 0.4) is 0 Å². The van der Waals surface area contributed by atoms with E-state index in [1.165, 1.54) is 37.9 Å². The van der Waals surface area contributed by atoms with Crippen LogP contribution in [0, 0.1) is 5.92 Å². The lowest BCUT2D eigenvalue weighted by Gasteiger charge is -2.09. The highest BCUT2D eigenvalue weighted by molar-refractivity contribution is 7.89. The third-order valence-corrected chi connectivity index (χ3v) is 5.19. The first-order chi connectivity index (χ1) is 9.12. The molecule has 1 saturated carbocycles. The third kappa shape index (κ3) is 4.06. The molecule has 0 amide bonds. The molecule has 0 saturated heterocycles. The highest BCUT2D eigenvalue weighted by atomic mass is 32.2. The number of sulfonamides is 1. The molecule has 0 atom stereocenters. The summed E-state index contributed by atoms with van der Waals surface area (Å²) in [6.45, 7) is 0.301. The summed E-state index contributed by atoms with van der Waals surface area (Å²) in [7, 11) is -3.44. The molecule has 0 spiro atoms. The molecule has 0 unspecified atom stereocenters. The van der Waals surface area contributed by atoms with Crippen LogP contribution in [-0.2, 0) is 16.6 Å². The molecule has 108 valence electrons. The largest absolute Gasteiger partial charge is 0.390 e. The minimum Gasteiger partial charge on any atom is -0.390 e. The monoisotopic (exact) mass is 286 g/mol. The van der Waals surface area contributed by atoms with Crippen molar-refractivity contribution < 1.29 is 13.5 Å². The molecule has 0 radical (unpaired) electrons. The van der Waals surface area contributed by atoms with Gasteiger partial charge in [-0.05, 0) is 24.8 Å². The van der Waals surface area contributed by atoms with Gasteiger partial charge in [0.15, 0.2) is 0 Å². The fourth-order valence-electron chi connectivity index (χ4n) is 2.64. The molecule has 6 heteroatoms. The van der Waals surface area contributed by atoms with Crippen molar-refractivity contribution in [3.63, 3.8) is 0 Å². The third-order valence-electron chi connectivity index (χ3n) is 3.75. The lowest BCUT2D eigenvalue weighted by Crippen LogP contribution is -2.24. The number of hydrogen-bond acceptors (Lipinski definition) is 3. The van der Waals surface area contributed by atoms with E-state index in [0.717, 1.165) is 18.8 Å². The Morgan fingerprint density at radius 1 is 1.37 bits per heavy atom. The van der Waals surface area contributed by atoms with Gasteiger partial charge in [-0.2, -0.15) is 0 Å². The summed E-state index contributed by atoms with van der Waals surface area (Å²) in [5, 5.41) is 8.91. The second-order valence-corrected chi connectivity index (χ2v) is 6.98. The van der Waals surface area contributed by atoms with Gasteiger partial charge in [-0.1, -0.05) is 25.7 Å². The van der Waals surface area contributed by atoms with Crippen molar-refractivity contribution in [1.29, 1.82) is 0 Å². The zero-order valence-electron chi connectivity index (χ0n) is 11.1. The number of aliphatic hydroxyl groups excluding tert-OH is 1. The maximum atomic E-state index is 11.9. The van der Waals surface area contributed by atoms with Crippen LogP contribution in [0.2, 0.25) is 0 Å². The van der Waals surface area contributed by atoms with Gasteiger partial charge >= 0.3 is 0 Å². The van der Waals surface area contributed by atoms with Gasteiger partial charge in [0.25, 0.3) is 0 Å². The van der Waals surface area contributed by atoms with E-state index >= 15 is 0 Å².